The van der Waals surface area contributed by atoms with E-state index in [0.717, 1.165) is 7.11 Å². The van der Waals surface area contributed by atoms with Crippen LogP contribution < -0.4 is 0 Å². The molecule has 0 spiro atoms. The lowest BCUT2D eigenvalue weighted by Crippen LogP contribution is -2.23. The Bertz CT molecular complexity index is 722. The van der Waals surface area contributed by atoms with Crippen molar-refractivity contribution in [1.29, 1.82) is 15.8 Å². The number of Topliss-reactive ketones (excluding diaryl/α,β-unsaturated/α-hetero) is 1. The van der Waals surface area contributed by atoms with E-state index in [1.54, 1.807) is 36.4 Å². The fraction of sp³-hybridized carbons (Fsp3) is 0.267. The minimum Gasteiger partial charge on any atom is -0.468 e. The summed E-state index contributed by atoms with van der Waals surface area (Å²) in [6.07, 6.45) is 0. The SMILES string of the molecule is COC(=O)[C@@]1(C#N)[C@@H](C(=O)c2ccccc2)C1(C#N)C#N. The van der Waals surface area contributed by atoms with Gasteiger partial charge >= 0.3 is 5.97 Å². The second-order valence-corrected chi connectivity index (χ2v) is 4.61. The molecule has 0 aliphatic heterocycles. The maximum absolute atomic E-state index is 12.5. The zero-order valence-corrected chi connectivity index (χ0v) is 11.0. The van der Waals surface area contributed by atoms with E-state index in [0.29, 0.717) is 0 Å². The molecule has 1 fully saturated rings. The van der Waals surface area contributed by atoms with E-state index in [1.807, 2.05) is 0 Å². The van der Waals surface area contributed by atoms with E-state index >= 15 is 0 Å². The van der Waals surface area contributed by atoms with E-state index in [2.05, 4.69) is 4.74 Å². The van der Waals surface area contributed by atoms with Gasteiger partial charge in [0.05, 0.1) is 31.2 Å². The second kappa shape index (κ2) is 4.74. The molecule has 2 rings (SSSR count). The van der Waals surface area contributed by atoms with Crippen molar-refractivity contribution in [3.8, 4) is 18.2 Å². The number of nitriles is 3. The first kappa shape index (κ1) is 14.2. The van der Waals surface area contributed by atoms with Gasteiger partial charge in [0.1, 0.15) is 0 Å². The van der Waals surface area contributed by atoms with E-state index in [9.17, 15) is 25.4 Å². The standard InChI is InChI=1S/C15H9N3O3/c1-21-13(20)15(9-18)12(14(15,7-16)8-17)11(19)10-5-3-2-4-6-10/h2-6,12H,1H3/t12-,15+/m0/s1. The van der Waals surface area contributed by atoms with Crippen LogP contribution in [0.25, 0.3) is 0 Å². The van der Waals surface area contributed by atoms with Crippen molar-refractivity contribution < 1.29 is 14.3 Å². The first-order valence-corrected chi connectivity index (χ1v) is 5.97. The van der Waals surface area contributed by atoms with Gasteiger partial charge in [0.15, 0.2) is 16.6 Å². The van der Waals surface area contributed by atoms with Crippen LogP contribution in [-0.2, 0) is 9.53 Å². The van der Waals surface area contributed by atoms with Gasteiger partial charge in [-0.25, -0.2) is 0 Å². The van der Waals surface area contributed by atoms with Crippen molar-refractivity contribution in [2.24, 2.45) is 16.7 Å². The van der Waals surface area contributed by atoms with Gasteiger partial charge in [-0.05, 0) is 0 Å². The molecule has 2 atom stereocenters. The van der Waals surface area contributed by atoms with Crippen LogP contribution in [0.15, 0.2) is 30.3 Å². The Morgan fingerprint density at radius 3 is 2.10 bits per heavy atom. The van der Waals surface area contributed by atoms with E-state index < -0.39 is 28.5 Å². The minimum absolute atomic E-state index is 0.235. The molecular weight excluding hydrogens is 270 g/mol. The van der Waals surface area contributed by atoms with Crippen molar-refractivity contribution in [1.82, 2.24) is 0 Å². The topological polar surface area (TPSA) is 115 Å². The molecule has 0 radical (unpaired) electrons. The fourth-order valence-corrected chi connectivity index (χ4v) is 2.61. The zero-order valence-electron chi connectivity index (χ0n) is 11.0. The molecule has 0 N–H and O–H groups in total. The summed E-state index contributed by atoms with van der Waals surface area (Å²) in [7, 11) is 1.04. The summed E-state index contributed by atoms with van der Waals surface area (Å²) < 4.78 is 4.53. The summed E-state index contributed by atoms with van der Waals surface area (Å²) in [5.74, 6) is -2.98. The van der Waals surface area contributed by atoms with Crippen LogP contribution in [-0.4, -0.2) is 18.9 Å². The van der Waals surface area contributed by atoms with Crippen LogP contribution in [0.3, 0.4) is 0 Å². The lowest BCUT2D eigenvalue weighted by Gasteiger charge is -2.05. The number of hydrogen-bond donors (Lipinski definition) is 0. The first-order chi connectivity index (χ1) is 10.1. The average molecular weight is 279 g/mol. The van der Waals surface area contributed by atoms with Crippen LogP contribution in [0.2, 0.25) is 0 Å². The zero-order chi connectivity index (χ0) is 15.7. The quantitative estimate of drug-likeness (QED) is 0.606. The molecule has 0 unspecified atom stereocenters. The summed E-state index contributed by atoms with van der Waals surface area (Å²) in [5, 5.41) is 27.8. The summed E-state index contributed by atoms with van der Waals surface area (Å²) in [6, 6.07) is 12.9. The Kier molecular flexibility index (Phi) is 3.21. The highest BCUT2D eigenvalue weighted by atomic mass is 16.5. The van der Waals surface area contributed by atoms with Crippen molar-refractivity contribution in [2.75, 3.05) is 7.11 Å². The van der Waals surface area contributed by atoms with Crippen LogP contribution in [0.1, 0.15) is 10.4 Å². The molecule has 6 heteroatoms. The van der Waals surface area contributed by atoms with E-state index in [-0.39, 0.29) is 5.56 Å². The van der Waals surface area contributed by atoms with Crippen molar-refractivity contribution in [3.05, 3.63) is 35.9 Å². The number of methoxy groups -OCH3 is 1. The Labute approximate surface area is 120 Å². The second-order valence-electron chi connectivity index (χ2n) is 4.61. The van der Waals surface area contributed by atoms with Crippen LogP contribution >= 0.6 is 0 Å². The Hall–Kier alpha value is -3.17. The molecule has 102 valence electrons. The summed E-state index contributed by atoms with van der Waals surface area (Å²) in [5.41, 5.74) is -3.85. The van der Waals surface area contributed by atoms with Gasteiger partial charge in [0, 0.05) is 5.56 Å². The predicted molar refractivity (Wildman–Crippen MR) is 68.0 cm³/mol. The number of benzene rings is 1. The third kappa shape index (κ3) is 1.55. The summed E-state index contributed by atoms with van der Waals surface area (Å²) >= 11 is 0. The highest BCUT2D eigenvalue weighted by Gasteiger charge is 2.87. The van der Waals surface area contributed by atoms with E-state index in [1.165, 1.54) is 12.1 Å². The molecule has 0 bridgehead atoms. The molecule has 6 nitrogen and oxygen atoms in total. The van der Waals surface area contributed by atoms with Gasteiger partial charge in [0.2, 0.25) is 0 Å². The smallest absolute Gasteiger partial charge is 0.329 e. The Morgan fingerprint density at radius 2 is 1.67 bits per heavy atom. The third-order valence-electron chi connectivity index (χ3n) is 3.76. The van der Waals surface area contributed by atoms with Crippen LogP contribution in [0.5, 0.6) is 0 Å². The number of hydrogen-bond acceptors (Lipinski definition) is 6. The van der Waals surface area contributed by atoms with Crippen LogP contribution in [0.4, 0.5) is 0 Å². The number of nitrogens with zero attached hydrogens (tertiary/aromatic N) is 3. The maximum Gasteiger partial charge on any atom is 0.329 e. The van der Waals surface area contributed by atoms with Gasteiger partial charge in [-0.15, -0.1) is 0 Å². The first-order valence-electron chi connectivity index (χ1n) is 5.97. The third-order valence-corrected chi connectivity index (χ3v) is 3.76. The Morgan fingerprint density at radius 1 is 1.10 bits per heavy atom. The van der Waals surface area contributed by atoms with Crippen molar-refractivity contribution >= 4 is 11.8 Å². The molecule has 0 amide bonds. The highest BCUT2D eigenvalue weighted by Crippen LogP contribution is 2.69. The highest BCUT2D eigenvalue weighted by molar-refractivity contribution is 6.09. The van der Waals surface area contributed by atoms with Gasteiger partial charge in [-0.1, -0.05) is 30.3 Å². The lowest BCUT2D eigenvalue weighted by molar-refractivity contribution is -0.145. The molecule has 1 aliphatic carbocycles. The van der Waals surface area contributed by atoms with Gasteiger partial charge < -0.3 is 4.74 Å². The lowest BCUT2D eigenvalue weighted by atomic mass is 9.97. The van der Waals surface area contributed by atoms with E-state index in [4.69, 9.17) is 0 Å². The molecule has 0 saturated heterocycles. The maximum atomic E-state index is 12.5. The molecule has 21 heavy (non-hydrogen) atoms. The van der Waals surface area contributed by atoms with Crippen molar-refractivity contribution in [3.63, 3.8) is 0 Å². The monoisotopic (exact) mass is 279 g/mol. The van der Waals surface area contributed by atoms with Crippen LogP contribution in [0, 0.1) is 50.7 Å². The minimum atomic E-state index is -2.07. The molecule has 0 heterocycles. The molecule has 1 aliphatic rings. The average Bonchev–Trinajstić information content (AvgIpc) is 3.17. The number of esters is 1. The summed E-state index contributed by atoms with van der Waals surface area (Å²) in [4.78, 5) is 24.4. The number of ether oxygens (including phenoxy) is 1. The molecule has 1 aromatic rings. The molecule has 1 aromatic carbocycles. The molecule has 0 aromatic heterocycles. The Balaban J connectivity index is 2.57. The number of ketones is 1. The van der Waals surface area contributed by atoms with Crippen molar-refractivity contribution in [2.45, 2.75) is 0 Å². The molecular formula is C15H9N3O3. The van der Waals surface area contributed by atoms with Gasteiger partial charge in [-0.2, -0.15) is 15.8 Å². The number of rotatable bonds is 3. The normalized spacial score (nSPS) is 24.8. The largest absolute Gasteiger partial charge is 0.468 e. The predicted octanol–water partition coefficient (Wildman–Crippen LogP) is 1.22. The molecule has 1 saturated carbocycles. The van der Waals surface area contributed by atoms with Gasteiger partial charge in [0.25, 0.3) is 0 Å². The number of carbonyl (C=O) groups excluding carboxylic acids is 2. The fourth-order valence-electron chi connectivity index (χ4n) is 2.61. The number of carbonyl (C=O) groups is 2. The van der Waals surface area contributed by atoms with Gasteiger partial charge in [-0.3, -0.25) is 9.59 Å². The summed E-state index contributed by atoms with van der Waals surface area (Å²) in [6.45, 7) is 0.